The van der Waals surface area contributed by atoms with Crippen LogP contribution in [0.2, 0.25) is 0 Å². The van der Waals surface area contributed by atoms with E-state index in [9.17, 15) is 19.5 Å². The first-order valence-corrected chi connectivity index (χ1v) is 7.93. The zero-order valence-electron chi connectivity index (χ0n) is 12.7. The first-order valence-electron chi connectivity index (χ1n) is 7.93. The molecule has 2 amide bonds. The molecule has 0 aromatic heterocycles. The summed E-state index contributed by atoms with van der Waals surface area (Å²) in [6, 6.07) is 5.23. The Balaban J connectivity index is 1.55. The maximum atomic E-state index is 12.7. The smallest absolute Gasteiger partial charge is 0.307 e. The molecule has 2 atom stereocenters. The van der Waals surface area contributed by atoms with Gasteiger partial charge in [-0.1, -0.05) is 6.07 Å². The maximum Gasteiger partial charge on any atom is 0.307 e. The molecule has 6 heteroatoms. The molecule has 0 radical (unpaired) electrons. The monoisotopic (exact) mass is 314 g/mol. The third-order valence-electron chi connectivity index (χ3n) is 5.42. The molecule has 1 aromatic rings. The molecule has 1 aromatic carbocycles. The molecular weight excluding hydrogens is 296 g/mol. The standard InChI is InChI=1S/C17H18N2O4/c20-14-12-6-10(2-3-11(12)8-18-14)15(21)19-5-1-4-17(9-19)7-13(17)16(22)23/h2-3,6,13H,1,4-5,7-9H2,(H,18,20)(H,22,23). The van der Waals surface area contributed by atoms with Gasteiger partial charge in [-0.3, -0.25) is 14.4 Å². The number of carbonyl (C=O) groups is 3. The van der Waals surface area contributed by atoms with E-state index < -0.39 is 5.97 Å². The number of carboxylic acid groups (broad SMARTS) is 1. The van der Waals surface area contributed by atoms with Crippen molar-refractivity contribution >= 4 is 17.8 Å². The quantitative estimate of drug-likeness (QED) is 0.860. The van der Waals surface area contributed by atoms with Crippen molar-refractivity contribution in [3.63, 3.8) is 0 Å². The number of rotatable bonds is 2. The van der Waals surface area contributed by atoms with Crippen molar-refractivity contribution in [2.75, 3.05) is 13.1 Å². The van der Waals surface area contributed by atoms with Crippen LogP contribution in [0.3, 0.4) is 0 Å². The normalized spacial score (nSPS) is 28.4. The van der Waals surface area contributed by atoms with Crippen LogP contribution in [-0.4, -0.2) is 40.9 Å². The number of amides is 2. The summed E-state index contributed by atoms with van der Waals surface area (Å²) in [6.45, 7) is 1.66. The third kappa shape index (κ3) is 2.20. The minimum atomic E-state index is -0.756. The minimum Gasteiger partial charge on any atom is -0.481 e. The van der Waals surface area contributed by atoms with E-state index in [1.165, 1.54) is 0 Å². The lowest BCUT2D eigenvalue weighted by Crippen LogP contribution is -2.42. The number of fused-ring (bicyclic) bond motifs is 1. The molecule has 2 heterocycles. The fourth-order valence-corrected chi connectivity index (χ4v) is 4.01. The highest BCUT2D eigenvalue weighted by Crippen LogP contribution is 2.58. The van der Waals surface area contributed by atoms with Gasteiger partial charge in [-0.2, -0.15) is 0 Å². The molecule has 1 aliphatic carbocycles. The molecule has 2 aliphatic heterocycles. The SMILES string of the molecule is O=C1NCc2ccc(C(=O)N3CCCC4(CC4C(=O)O)C3)cc21. The fraction of sp³-hybridized carbons (Fsp3) is 0.471. The number of carboxylic acids is 1. The van der Waals surface area contributed by atoms with Gasteiger partial charge in [0.15, 0.2) is 0 Å². The topological polar surface area (TPSA) is 86.7 Å². The van der Waals surface area contributed by atoms with Crippen molar-refractivity contribution in [3.8, 4) is 0 Å². The van der Waals surface area contributed by atoms with Gasteiger partial charge in [0, 0.05) is 36.2 Å². The number of aliphatic carboxylic acids is 1. The Morgan fingerprint density at radius 3 is 2.91 bits per heavy atom. The summed E-state index contributed by atoms with van der Waals surface area (Å²) >= 11 is 0. The van der Waals surface area contributed by atoms with Crippen molar-refractivity contribution < 1.29 is 19.5 Å². The molecule has 2 fully saturated rings. The second-order valence-electron chi connectivity index (χ2n) is 6.84. The van der Waals surface area contributed by atoms with Crippen molar-refractivity contribution in [1.29, 1.82) is 0 Å². The van der Waals surface area contributed by atoms with E-state index in [0.29, 0.717) is 37.2 Å². The van der Waals surface area contributed by atoms with Crippen LogP contribution in [0.4, 0.5) is 0 Å². The van der Waals surface area contributed by atoms with E-state index in [1.54, 1.807) is 17.0 Å². The molecule has 1 saturated carbocycles. The van der Waals surface area contributed by atoms with Gasteiger partial charge in [-0.15, -0.1) is 0 Å². The Hall–Kier alpha value is -2.37. The lowest BCUT2D eigenvalue weighted by molar-refractivity contribution is -0.139. The third-order valence-corrected chi connectivity index (χ3v) is 5.42. The first kappa shape index (κ1) is 14.2. The Labute approximate surface area is 133 Å². The largest absolute Gasteiger partial charge is 0.481 e. The van der Waals surface area contributed by atoms with E-state index in [4.69, 9.17) is 0 Å². The lowest BCUT2D eigenvalue weighted by Gasteiger charge is -2.33. The van der Waals surface area contributed by atoms with Gasteiger partial charge in [0.1, 0.15) is 0 Å². The molecule has 0 bridgehead atoms. The van der Waals surface area contributed by atoms with Crippen LogP contribution in [0, 0.1) is 11.3 Å². The average Bonchev–Trinajstić information content (AvgIpc) is 3.12. The zero-order valence-corrected chi connectivity index (χ0v) is 12.7. The van der Waals surface area contributed by atoms with E-state index in [1.807, 2.05) is 6.07 Å². The first-order chi connectivity index (χ1) is 11.0. The van der Waals surface area contributed by atoms with Gasteiger partial charge >= 0.3 is 5.97 Å². The van der Waals surface area contributed by atoms with Gasteiger partial charge in [-0.25, -0.2) is 0 Å². The van der Waals surface area contributed by atoms with E-state index in [2.05, 4.69) is 5.32 Å². The number of benzene rings is 1. The molecule has 120 valence electrons. The predicted molar refractivity (Wildman–Crippen MR) is 80.9 cm³/mol. The van der Waals surface area contributed by atoms with Gasteiger partial charge in [0.25, 0.3) is 11.8 Å². The van der Waals surface area contributed by atoms with Gasteiger partial charge in [0.2, 0.25) is 0 Å². The fourth-order valence-electron chi connectivity index (χ4n) is 4.01. The number of likely N-dealkylation sites (tertiary alicyclic amines) is 1. The molecular formula is C17H18N2O4. The Morgan fingerprint density at radius 1 is 1.35 bits per heavy atom. The Kier molecular flexibility index (Phi) is 2.98. The Bertz CT molecular complexity index is 729. The second-order valence-corrected chi connectivity index (χ2v) is 6.84. The number of piperidine rings is 1. The number of hydrogen-bond donors (Lipinski definition) is 2. The number of carbonyl (C=O) groups excluding carboxylic acids is 2. The molecule has 2 N–H and O–H groups in total. The van der Waals surface area contributed by atoms with Gasteiger partial charge in [-0.05, 0) is 37.0 Å². The molecule has 2 unspecified atom stereocenters. The Morgan fingerprint density at radius 2 is 2.17 bits per heavy atom. The average molecular weight is 314 g/mol. The van der Waals surface area contributed by atoms with E-state index in [0.717, 1.165) is 18.4 Å². The van der Waals surface area contributed by atoms with Crippen molar-refractivity contribution in [2.24, 2.45) is 11.3 Å². The number of nitrogens with zero attached hydrogens (tertiary/aromatic N) is 1. The minimum absolute atomic E-state index is 0.109. The summed E-state index contributed by atoms with van der Waals surface area (Å²) < 4.78 is 0. The van der Waals surface area contributed by atoms with Crippen LogP contribution < -0.4 is 5.32 Å². The second kappa shape index (κ2) is 4.81. The van der Waals surface area contributed by atoms with Crippen LogP contribution in [-0.2, 0) is 11.3 Å². The van der Waals surface area contributed by atoms with Crippen molar-refractivity contribution in [3.05, 3.63) is 34.9 Å². The van der Waals surface area contributed by atoms with Crippen LogP contribution in [0.15, 0.2) is 18.2 Å². The molecule has 6 nitrogen and oxygen atoms in total. The maximum absolute atomic E-state index is 12.7. The van der Waals surface area contributed by atoms with Crippen LogP contribution in [0.5, 0.6) is 0 Å². The predicted octanol–water partition coefficient (Wildman–Crippen LogP) is 1.26. The number of hydrogen-bond acceptors (Lipinski definition) is 3. The molecule has 23 heavy (non-hydrogen) atoms. The molecule has 1 saturated heterocycles. The summed E-state index contributed by atoms with van der Waals surface area (Å²) in [7, 11) is 0. The summed E-state index contributed by atoms with van der Waals surface area (Å²) in [4.78, 5) is 37.4. The highest BCUT2D eigenvalue weighted by Gasteiger charge is 2.60. The van der Waals surface area contributed by atoms with Gasteiger partial charge in [0.05, 0.1) is 5.92 Å². The van der Waals surface area contributed by atoms with Crippen LogP contribution in [0.1, 0.15) is 45.5 Å². The van der Waals surface area contributed by atoms with Crippen LogP contribution in [0.25, 0.3) is 0 Å². The van der Waals surface area contributed by atoms with Crippen LogP contribution >= 0.6 is 0 Å². The highest BCUT2D eigenvalue weighted by molar-refractivity contribution is 6.02. The lowest BCUT2D eigenvalue weighted by atomic mass is 9.91. The summed E-state index contributed by atoms with van der Waals surface area (Å²) in [5.74, 6) is -1.32. The molecule has 1 spiro atoms. The van der Waals surface area contributed by atoms with Crippen molar-refractivity contribution in [1.82, 2.24) is 10.2 Å². The molecule has 3 aliphatic rings. The highest BCUT2D eigenvalue weighted by atomic mass is 16.4. The number of nitrogens with one attached hydrogen (secondary N) is 1. The summed E-state index contributed by atoms with van der Waals surface area (Å²) in [6.07, 6.45) is 2.37. The van der Waals surface area contributed by atoms with E-state index >= 15 is 0 Å². The zero-order chi connectivity index (χ0) is 16.2. The van der Waals surface area contributed by atoms with E-state index in [-0.39, 0.29) is 23.1 Å². The van der Waals surface area contributed by atoms with Crippen molar-refractivity contribution in [2.45, 2.75) is 25.8 Å². The summed E-state index contributed by atoms with van der Waals surface area (Å²) in [5.41, 5.74) is 1.76. The van der Waals surface area contributed by atoms with Gasteiger partial charge < -0.3 is 15.3 Å². The summed E-state index contributed by atoms with van der Waals surface area (Å²) in [5, 5.41) is 11.9. The molecule has 4 rings (SSSR count).